The van der Waals surface area contributed by atoms with Crippen molar-refractivity contribution in [1.29, 1.82) is 5.26 Å². The van der Waals surface area contributed by atoms with Crippen LogP contribution < -0.4 is 4.74 Å². The standard InChI is InChI=1S/C17H23N3O/c1-21-17-10-15(4-5-16(17)11-18)13-20-8-6-19(7-9-20)12-14-2-3-14/h4-5,10,14H,2-3,6-9,12-13H2,1H3. The van der Waals surface area contributed by atoms with Crippen molar-refractivity contribution in [2.75, 3.05) is 39.8 Å². The van der Waals surface area contributed by atoms with Crippen molar-refractivity contribution in [1.82, 2.24) is 9.80 Å². The Bertz CT molecular complexity index is 525. The van der Waals surface area contributed by atoms with Gasteiger partial charge in [0.05, 0.1) is 12.7 Å². The molecule has 0 aromatic heterocycles. The Morgan fingerprint density at radius 1 is 1.19 bits per heavy atom. The molecule has 4 heteroatoms. The summed E-state index contributed by atoms with van der Waals surface area (Å²) < 4.78 is 5.28. The quantitative estimate of drug-likeness (QED) is 0.830. The first kappa shape index (κ1) is 14.4. The van der Waals surface area contributed by atoms with Crippen LogP contribution >= 0.6 is 0 Å². The van der Waals surface area contributed by atoms with Crippen LogP contribution in [0.2, 0.25) is 0 Å². The van der Waals surface area contributed by atoms with Gasteiger partial charge in [-0.1, -0.05) is 6.07 Å². The molecule has 0 spiro atoms. The van der Waals surface area contributed by atoms with Crippen molar-refractivity contribution in [3.05, 3.63) is 29.3 Å². The SMILES string of the molecule is COc1cc(CN2CCN(CC3CC3)CC2)ccc1C#N. The van der Waals surface area contributed by atoms with Gasteiger partial charge in [0.2, 0.25) is 0 Å². The van der Waals surface area contributed by atoms with Gasteiger partial charge in [0, 0.05) is 39.3 Å². The number of hydrogen-bond donors (Lipinski definition) is 0. The molecule has 1 aliphatic heterocycles. The Kier molecular flexibility index (Phi) is 4.42. The molecule has 3 rings (SSSR count). The Morgan fingerprint density at radius 3 is 2.52 bits per heavy atom. The van der Waals surface area contributed by atoms with E-state index in [-0.39, 0.29) is 0 Å². The summed E-state index contributed by atoms with van der Waals surface area (Å²) in [6.45, 7) is 6.88. The summed E-state index contributed by atoms with van der Waals surface area (Å²) in [5.41, 5.74) is 1.83. The molecule has 4 nitrogen and oxygen atoms in total. The number of hydrogen-bond acceptors (Lipinski definition) is 4. The zero-order valence-corrected chi connectivity index (χ0v) is 12.7. The Hall–Kier alpha value is -1.57. The predicted molar refractivity (Wildman–Crippen MR) is 82.2 cm³/mol. The molecule has 21 heavy (non-hydrogen) atoms. The van der Waals surface area contributed by atoms with Crippen molar-refractivity contribution in [2.45, 2.75) is 19.4 Å². The van der Waals surface area contributed by atoms with Crippen LogP contribution in [-0.4, -0.2) is 49.6 Å². The van der Waals surface area contributed by atoms with Crippen LogP contribution in [0.4, 0.5) is 0 Å². The molecule has 0 unspecified atom stereocenters. The van der Waals surface area contributed by atoms with E-state index in [1.54, 1.807) is 7.11 Å². The fourth-order valence-corrected chi connectivity index (χ4v) is 2.98. The fraction of sp³-hybridized carbons (Fsp3) is 0.588. The van der Waals surface area contributed by atoms with Crippen molar-refractivity contribution in [3.8, 4) is 11.8 Å². The lowest BCUT2D eigenvalue weighted by molar-refractivity contribution is 0.123. The summed E-state index contributed by atoms with van der Waals surface area (Å²) in [5.74, 6) is 1.67. The first-order valence-electron chi connectivity index (χ1n) is 7.80. The highest BCUT2D eigenvalue weighted by Gasteiger charge is 2.26. The third kappa shape index (κ3) is 3.75. The van der Waals surface area contributed by atoms with Crippen LogP contribution in [0.15, 0.2) is 18.2 Å². The van der Waals surface area contributed by atoms with Gasteiger partial charge in [0.25, 0.3) is 0 Å². The predicted octanol–water partition coefficient (Wildman–Crippen LogP) is 2.09. The van der Waals surface area contributed by atoms with Crippen LogP contribution in [-0.2, 0) is 6.54 Å². The molecule has 1 saturated carbocycles. The summed E-state index contributed by atoms with van der Waals surface area (Å²) in [6, 6.07) is 8.06. The van der Waals surface area contributed by atoms with Crippen molar-refractivity contribution in [3.63, 3.8) is 0 Å². The molecule has 1 saturated heterocycles. The maximum Gasteiger partial charge on any atom is 0.136 e. The number of benzene rings is 1. The summed E-state index contributed by atoms with van der Waals surface area (Å²) in [5, 5.41) is 9.02. The van der Waals surface area contributed by atoms with Crippen LogP contribution in [0.25, 0.3) is 0 Å². The van der Waals surface area contributed by atoms with E-state index >= 15 is 0 Å². The largest absolute Gasteiger partial charge is 0.495 e. The highest BCUT2D eigenvalue weighted by Crippen LogP contribution is 2.30. The smallest absolute Gasteiger partial charge is 0.136 e. The summed E-state index contributed by atoms with van der Waals surface area (Å²) in [6.07, 6.45) is 2.87. The number of piperazine rings is 1. The van der Waals surface area contributed by atoms with E-state index < -0.39 is 0 Å². The van der Waals surface area contributed by atoms with Crippen LogP contribution in [0.1, 0.15) is 24.0 Å². The first-order chi connectivity index (χ1) is 10.3. The van der Waals surface area contributed by atoms with Gasteiger partial charge in [-0.05, 0) is 36.5 Å². The average molecular weight is 285 g/mol. The molecule has 1 aromatic rings. The van der Waals surface area contributed by atoms with E-state index in [0.717, 1.165) is 25.6 Å². The van der Waals surface area contributed by atoms with Gasteiger partial charge in [0.1, 0.15) is 11.8 Å². The van der Waals surface area contributed by atoms with Crippen molar-refractivity contribution < 1.29 is 4.74 Å². The Morgan fingerprint density at radius 2 is 1.90 bits per heavy atom. The second-order valence-corrected chi connectivity index (χ2v) is 6.17. The number of ether oxygens (including phenoxy) is 1. The number of methoxy groups -OCH3 is 1. The summed E-state index contributed by atoms with van der Waals surface area (Å²) in [4.78, 5) is 5.09. The number of nitrogens with zero attached hydrogens (tertiary/aromatic N) is 3. The molecular formula is C17H23N3O. The molecule has 0 amide bonds. The zero-order valence-electron chi connectivity index (χ0n) is 12.7. The van der Waals surface area contributed by atoms with E-state index in [2.05, 4.69) is 15.9 Å². The molecule has 1 heterocycles. The first-order valence-corrected chi connectivity index (χ1v) is 7.80. The average Bonchev–Trinajstić information content (AvgIpc) is 3.33. The molecule has 2 aliphatic rings. The number of nitriles is 1. The van der Waals surface area contributed by atoms with Crippen LogP contribution in [0.3, 0.4) is 0 Å². The molecule has 0 N–H and O–H groups in total. The van der Waals surface area contributed by atoms with Crippen LogP contribution in [0, 0.1) is 17.2 Å². The summed E-state index contributed by atoms with van der Waals surface area (Å²) >= 11 is 0. The summed E-state index contributed by atoms with van der Waals surface area (Å²) in [7, 11) is 1.62. The minimum atomic E-state index is 0.607. The monoisotopic (exact) mass is 285 g/mol. The third-order valence-corrected chi connectivity index (χ3v) is 4.47. The van der Waals surface area contributed by atoms with Crippen molar-refractivity contribution in [2.24, 2.45) is 5.92 Å². The van der Waals surface area contributed by atoms with Crippen molar-refractivity contribution >= 4 is 0 Å². The fourth-order valence-electron chi connectivity index (χ4n) is 2.98. The van der Waals surface area contributed by atoms with Gasteiger partial charge in [0.15, 0.2) is 0 Å². The van der Waals surface area contributed by atoms with E-state index in [4.69, 9.17) is 10.00 Å². The Balaban J connectivity index is 1.53. The van der Waals surface area contributed by atoms with E-state index in [9.17, 15) is 0 Å². The van der Waals surface area contributed by atoms with Gasteiger partial charge in [-0.2, -0.15) is 5.26 Å². The maximum absolute atomic E-state index is 9.02. The Labute approximate surface area is 126 Å². The molecule has 0 radical (unpaired) electrons. The maximum atomic E-state index is 9.02. The zero-order chi connectivity index (χ0) is 14.7. The molecule has 1 aliphatic carbocycles. The van der Waals surface area contributed by atoms with E-state index in [1.165, 1.54) is 38.0 Å². The molecule has 0 atom stereocenters. The molecule has 1 aromatic carbocycles. The van der Waals surface area contributed by atoms with Gasteiger partial charge in [-0.15, -0.1) is 0 Å². The van der Waals surface area contributed by atoms with E-state index in [0.29, 0.717) is 11.3 Å². The van der Waals surface area contributed by atoms with Crippen LogP contribution in [0.5, 0.6) is 5.75 Å². The minimum absolute atomic E-state index is 0.607. The lowest BCUT2D eigenvalue weighted by Gasteiger charge is -2.34. The van der Waals surface area contributed by atoms with Gasteiger partial charge in [-0.3, -0.25) is 4.90 Å². The third-order valence-electron chi connectivity index (χ3n) is 4.47. The highest BCUT2D eigenvalue weighted by molar-refractivity contribution is 5.45. The lowest BCUT2D eigenvalue weighted by Crippen LogP contribution is -2.46. The normalized spacial score (nSPS) is 20.2. The molecular weight excluding hydrogens is 262 g/mol. The van der Waals surface area contributed by atoms with Gasteiger partial charge < -0.3 is 9.64 Å². The second-order valence-electron chi connectivity index (χ2n) is 6.17. The highest BCUT2D eigenvalue weighted by atomic mass is 16.5. The van der Waals surface area contributed by atoms with E-state index in [1.807, 2.05) is 18.2 Å². The van der Waals surface area contributed by atoms with Gasteiger partial charge >= 0.3 is 0 Å². The topological polar surface area (TPSA) is 39.5 Å². The molecule has 2 fully saturated rings. The minimum Gasteiger partial charge on any atom is -0.495 e. The molecule has 112 valence electrons. The number of rotatable bonds is 5. The molecule has 0 bridgehead atoms. The lowest BCUT2D eigenvalue weighted by atomic mass is 10.1. The van der Waals surface area contributed by atoms with Gasteiger partial charge in [-0.25, -0.2) is 0 Å². The second kappa shape index (κ2) is 6.46.